The average Bonchev–Trinajstić information content (AvgIpc) is 2.56. The Morgan fingerprint density at radius 2 is 1.42 bits per heavy atom. The first-order valence-corrected chi connectivity index (χ1v) is 9.86. The molecular formula is C18H42N4O2. The van der Waals surface area contributed by atoms with Crippen LogP contribution in [0.25, 0.3) is 0 Å². The molecule has 0 heterocycles. The fourth-order valence-electron chi connectivity index (χ4n) is 2.88. The van der Waals surface area contributed by atoms with E-state index in [0.717, 1.165) is 83.8 Å². The van der Waals surface area contributed by atoms with Crippen LogP contribution in [0.1, 0.15) is 71.1 Å². The summed E-state index contributed by atoms with van der Waals surface area (Å²) in [5, 5.41) is 20.9. The minimum atomic E-state index is -0.0633. The Hall–Kier alpha value is -0.240. The first-order valence-electron chi connectivity index (χ1n) is 9.86. The van der Waals surface area contributed by atoms with Crippen molar-refractivity contribution in [3.8, 4) is 0 Å². The average molecular weight is 347 g/mol. The van der Waals surface area contributed by atoms with Gasteiger partial charge >= 0.3 is 0 Å². The summed E-state index contributed by atoms with van der Waals surface area (Å²) in [4.78, 5) is 2.34. The molecule has 7 N–H and O–H groups in total. The van der Waals surface area contributed by atoms with Crippen molar-refractivity contribution in [1.29, 1.82) is 0 Å². The van der Waals surface area contributed by atoms with Crippen molar-refractivity contribution in [3.63, 3.8) is 0 Å². The van der Waals surface area contributed by atoms with Crippen molar-refractivity contribution in [2.45, 2.75) is 83.5 Å². The molecule has 6 nitrogen and oxygen atoms in total. The molecule has 0 saturated carbocycles. The minimum Gasteiger partial charge on any atom is -0.396 e. The molecule has 0 bridgehead atoms. The molecule has 24 heavy (non-hydrogen) atoms. The van der Waals surface area contributed by atoms with Crippen LogP contribution in [0.4, 0.5) is 0 Å². The van der Waals surface area contributed by atoms with Gasteiger partial charge in [0, 0.05) is 19.6 Å². The molecule has 0 radical (unpaired) electrons. The summed E-state index contributed by atoms with van der Waals surface area (Å²) >= 11 is 0. The number of aliphatic hydroxyl groups excluding tert-OH is 2. The highest BCUT2D eigenvalue weighted by Crippen LogP contribution is 2.07. The van der Waals surface area contributed by atoms with Crippen molar-refractivity contribution < 1.29 is 10.2 Å². The molecule has 0 amide bonds. The van der Waals surface area contributed by atoms with Crippen molar-refractivity contribution in [2.24, 2.45) is 11.5 Å². The topological polar surface area (TPSA) is 108 Å². The predicted octanol–water partition coefficient (Wildman–Crippen LogP) is 1.35. The van der Waals surface area contributed by atoms with Crippen LogP contribution in [0.2, 0.25) is 0 Å². The number of hydrogen-bond acceptors (Lipinski definition) is 6. The van der Waals surface area contributed by atoms with Gasteiger partial charge in [0.15, 0.2) is 0 Å². The molecule has 2 unspecified atom stereocenters. The molecule has 0 spiro atoms. The van der Waals surface area contributed by atoms with Gasteiger partial charge in [-0.3, -0.25) is 4.90 Å². The maximum Gasteiger partial charge on any atom is 0.0599 e. The molecule has 0 aromatic heterocycles. The maximum atomic E-state index is 8.82. The highest BCUT2D eigenvalue weighted by atomic mass is 16.3. The van der Waals surface area contributed by atoms with Crippen molar-refractivity contribution in [2.75, 3.05) is 32.8 Å². The maximum absolute atomic E-state index is 8.82. The van der Waals surface area contributed by atoms with Gasteiger partial charge in [0.25, 0.3) is 0 Å². The molecular weight excluding hydrogens is 304 g/mol. The van der Waals surface area contributed by atoms with Gasteiger partial charge < -0.3 is 27.0 Å². The molecule has 0 aliphatic carbocycles. The molecule has 0 saturated heterocycles. The number of rotatable bonds is 18. The quantitative estimate of drug-likeness (QED) is 0.189. The first kappa shape index (κ1) is 23.8. The lowest BCUT2D eigenvalue weighted by Gasteiger charge is -2.30. The third-order valence-electron chi connectivity index (χ3n) is 4.32. The Labute approximate surface area is 149 Å². The number of nitrogens with zero attached hydrogens (tertiary/aromatic N) is 1. The summed E-state index contributed by atoms with van der Waals surface area (Å²) in [6, 6.07) is 0. The van der Waals surface area contributed by atoms with Crippen molar-refractivity contribution in [1.82, 2.24) is 10.2 Å². The smallest absolute Gasteiger partial charge is 0.0599 e. The van der Waals surface area contributed by atoms with Crippen molar-refractivity contribution >= 4 is 0 Å². The zero-order valence-electron chi connectivity index (χ0n) is 15.8. The number of unbranched alkanes of at least 4 members (excludes halogenated alkanes) is 6. The molecule has 0 aromatic rings. The van der Waals surface area contributed by atoms with Crippen LogP contribution < -0.4 is 16.8 Å². The largest absolute Gasteiger partial charge is 0.396 e. The monoisotopic (exact) mass is 346 g/mol. The number of nitrogens with one attached hydrogen (secondary N) is 1. The Morgan fingerprint density at radius 3 is 2.00 bits per heavy atom. The summed E-state index contributed by atoms with van der Waals surface area (Å²) in [6.45, 7) is 5.68. The third-order valence-corrected chi connectivity index (χ3v) is 4.32. The van der Waals surface area contributed by atoms with E-state index < -0.39 is 0 Å². The van der Waals surface area contributed by atoms with E-state index in [1.807, 2.05) is 0 Å². The predicted molar refractivity (Wildman–Crippen MR) is 102 cm³/mol. The Kier molecular flexibility index (Phi) is 17.4. The lowest BCUT2D eigenvalue weighted by Crippen LogP contribution is -2.50. The van der Waals surface area contributed by atoms with Gasteiger partial charge in [-0.1, -0.05) is 32.6 Å². The van der Waals surface area contributed by atoms with Gasteiger partial charge in [0.05, 0.1) is 12.3 Å². The highest BCUT2D eigenvalue weighted by molar-refractivity contribution is 4.71. The van der Waals surface area contributed by atoms with Crippen LogP contribution in [-0.2, 0) is 0 Å². The third kappa shape index (κ3) is 14.1. The highest BCUT2D eigenvalue weighted by Gasteiger charge is 2.16. The lowest BCUT2D eigenvalue weighted by atomic mass is 10.1. The van der Waals surface area contributed by atoms with Crippen LogP contribution in [0.5, 0.6) is 0 Å². The van der Waals surface area contributed by atoms with E-state index in [-0.39, 0.29) is 18.9 Å². The van der Waals surface area contributed by atoms with Gasteiger partial charge in [0.1, 0.15) is 0 Å². The Morgan fingerprint density at radius 1 is 0.833 bits per heavy atom. The second kappa shape index (κ2) is 17.6. The summed E-state index contributed by atoms with van der Waals surface area (Å²) in [5.41, 5.74) is 12.5. The molecule has 0 rings (SSSR count). The van der Waals surface area contributed by atoms with E-state index in [1.165, 1.54) is 0 Å². The first-order chi connectivity index (χ1) is 11.7. The SMILES string of the molecule is CCCN(CCCCCCO)C(N)CC(N)NCCCCCCO. The minimum absolute atomic E-state index is 0.000296. The molecule has 2 atom stereocenters. The van der Waals surface area contributed by atoms with E-state index in [0.29, 0.717) is 6.61 Å². The van der Waals surface area contributed by atoms with E-state index >= 15 is 0 Å². The van der Waals surface area contributed by atoms with Gasteiger partial charge in [0.2, 0.25) is 0 Å². The standard InChI is InChI=1S/C18H42N4O2/c1-2-12-22(13-8-4-6-10-15-24)18(20)16-17(19)21-11-7-3-5-9-14-23/h17-18,21,23-24H,2-16,19-20H2,1H3. The molecule has 0 aliphatic rings. The Balaban J connectivity index is 3.87. The van der Waals surface area contributed by atoms with E-state index in [1.54, 1.807) is 0 Å². The zero-order chi connectivity index (χ0) is 18.0. The lowest BCUT2D eigenvalue weighted by molar-refractivity contribution is 0.173. The number of hydrogen-bond donors (Lipinski definition) is 5. The van der Waals surface area contributed by atoms with Crippen LogP contribution >= 0.6 is 0 Å². The second-order valence-corrected chi connectivity index (χ2v) is 6.68. The second-order valence-electron chi connectivity index (χ2n) is 6.68. The molecule has 6 heteroatoms. The fraction of sp³-hybridized carbons (Fsp3) is 1.00. The zero-order valence-corrected chi connectivity index (χ0v) is 15.8. The number of aliphatic hydroxyl groups is 2. The van der Waals surface area contributed by atoms with Crippen LogP contribution in [0.15, 0.2) is 0 Å². The summed E-state index contributed by atoms with van der Waals surface area (Å²) in [5.74, 6) is 0. The van der Waals surface area contributed by atoms with E-state index in [2.05, 4.69) is 17.1 Å². The van der Waals surface area contributed by atoms with Gasteiger partial charge in [-0.25, -0.2) is 0 Å². The summed E-state index contributed by atoms with van der Waals surface area (Å²) in [7, 11) is 0. The Bertz CT molecular complexity index is 257. The number of nitrogens with two attached hydrogens (primary N) is 2. The molecule has 0 aromatic carbocycles. The van der Waals surface area contributed by atoms with Crippen LogP contribution in [-0.4, -0.2) is 60.3 Å². The van der Waals surface area contributed by atoms with E-state index in [9.17, 15) is 0 Å². The van der Waals surface area contributed by atoms with Gasteiger partial charge in [-0.15, -0.1) is 0 Å². The summed E-state index contributed by atoms with van der Waals surface area (Å²) in [6.07, 6.45) is 10.2. The van der Waals surface area contributed by atoms with Crippen LogP contribution in [0, 0.1) is 0 Å². The fourth-order valence-corrected chi connectivity index (χ4v) is 2.88. The van der Waals surface area contributed by atoms with Gasteiger partial charge in [-0.2, -0.15) is 0 Å². The molecule has 146 valence electrons. The van der Waals surface area contributed by atoms with Crippen molar-refractivity contribution in [3.05, 3.63) is 0 Å². The molecule has 0 aliphatic heterocycles. The normalized spacial score (nSPS) is 14.2. The van der Waals surface area contributed by atoms with E-state index in [4.69, 9.17) is 21.7 Å². The summed E-state index contributed by atoms with van der Waals surface area (Å²) < 4.78 is 0. The van der Waals surface area contributed by atoms with Crippen LogP contribution in [0.3, 0.4) is 0 Å². The van der Waals surface area contributed by atoms with Gasteiger partial charge in [-0.05, 0) is 51.7 Å². The molecule has 0 fully saturated rings.